The van der Waals surface area contributed by atoms with Crippen LogP contribution in [0, 0.1) is 34.9 Å². The molecule has 0 saturated carbocycles. The van der Waals surface area contributed by atoms with Gasteiger partial charge in [-0.05, 0) is 104 Å². The van der Waals surface area contributed by atoms with Crippen LogP contribution < -0.4 is 20.3 Å². The van der Waals surface area contributed by atoms with Gasteiger partial charge in [-0.2, -0.15) is 15.3 Å². The highest BCUT2D eigenvalue weighted by atomic mass is 79.9. The Kier molecular flexibility index (Phi) is 19.0. The smallest absolute Gasteiger partial charge is 0.238 e. The van der Waals surface area contributed by atoms with Crippen molar-refractivity contribution in [3.8, 4) is 11.1 Å². The van der Waals surface area contributed by atoms with Crippen LogP contribution in [0.1, 0.15) is 48.2 Å². The number of primary sulfonamides is 1. The first kappa shape index (κ1) is 64.3. The van der Waals surface area contributed by atoms with Crippen LogP contribution in [0.5, 0.6) is 0 Å². The minimum absolute atomic E-state index is 0.0535. The number of anilines is 3. The molecule has 0 bridgehead atoms. The summed E-state index contributed by atoms with van der Waals surface area (Å²) in [5.74, 6) is -10.1. The lowest BCUT2D eigenvalue weighted by molar-refractivity contribution is 0.101. The zero-order chi connectivity index (χ0) is 62.8. The number of nitrogen functional groups attached to an aromatic ring is 1. The summed E-state index contributed by atoms with van der Waals surface area (Å²) in [4.78, 5) is 50.0. The van der Waals surface area contributed by atoms with Gasteiger partial charge in [0.15, 0.2) is 34.4 Å². The lowest BCUT2D eigenvalue weighted by Gasteiger charge is -2.09. The molecule has 0 aliphatic heterocycles. The fourth-order valence-electron chi connectivity index (χ4n) is 7.39. The predicted octanol–water partition coefficient (Wildman–Crippen LogP) is 7.75. The number of benzene rings is 4. The van der Waals surface area contributed by atoms with Gasteiger partial charge in [0, 0.05) is 43.8 Å². The van der Waals surface area contributed by atoms with Gasteiger partial charge < -0.3 is 5.73 Å². The van der Waals surface area contributed by atoms with Crippen LogP contribution >= 0.6 is 42.5 Å². The van der Waals surface area contributed by atoms with Crippen molar-refractivity contribution in [2.24, 2.45) is 5.14 Å². The third-order valence-corrected chi connectivity index (χ3v) is 13.9. The molecule has 0 unspecified atom stereocenters. The maximum atomic E-state index is 14.9. The third-order valence-electron chi connectivity index (χ3n) is 10.9. The molecule has 0 aliphatic rings. The number of nitrogens with one attached hydrogen (secondary N) is 5. The second-order valence-corrected chi connectivity index (χ2v) is 27.3. The molecule has 85 heavy (non-hydrogen) atoms. The van der Waals surface area contributed by atoms with Gasteiger partial charge in [0.25, 0.3) is 0 Å². The maximum Gasteiger partial charge on any atom is 0.238 e. The number of rotatable bonds is 12. The van der Waals surface area contributed by atoms with Gasteiger partial charge in [-0.3, -0.25) is 39.1 Å². The molecule has 24 nitrogen and oxygen atoms in total. The molecule has 10 rings (SSSR count). The summed E-state index contributed by atoms with van der Waals surface area (Å²) in [6.07, 6.45) is 6.88. The van der Waals surface area contributed by atoms with E-state index in [1.165, 1.54) is 55.0 Å². The number of sulfonamides is 3. The highest BCUT2D eigenvalue weighted by Crippen LogP contribution is 2.31. The van der Waals surface area contributed by atoms with E-state index in [9.17, 15) is 74.4 Å². The van der Waals surface area contributed by atoms with E-state index in [0.29, 0.717) is 25.5 Å². The Morgan fingerprint density at radius 2 is 0.847 bits per heavy atom. The van der Waals surface area contributed by atoms with Gasteiger partial charge in [0.2, 0.25) is 56.5 Å². The van der Waals surface area contributed by atoms with Gasteiger partial charge >= 0.3 is 0 Å². The topological polar surface area (TPSA) is 389 Å². The molecule has 0 fully saturated rings. The monoisotopic (exact) mass is 1400 g/mol. The molecule has 0 amide bonds. The van der Waals surface area contributed by atoms with Crippen molar-refractivity contribution < 1.29 is 74.4 Å². The zero-order valence-corrected chi connectivity index (χ0v) is 49.8. The van der Waals surface area contributed by atoms with Crippen molar-refractivity contribution in [3.63, 3.8) is 0 Å². The zero-order valence-electron chi connectivity index (χ0n) is 42.6. The number of hydrogen-bond acceptors (Lipinski definition) is 18. The Bertz CT molecular complexity index is 4830. The maximum absolute atomic E-state index is 14.9. The second kappa shape index (κ2) is 25.1. The third kappa shape index (κ3) is 15.6. The molecule has 10 aromatic rings. The van der Waals surface area contributed by atoms with Crippen molar-refractivity contribution >= 4 is 149 Å². The standard InChI is InChI=1S/C20H15F2N5O5S2.C14H9BrF2N4O3S.C13H7BrF2N4O.CH3ClO2S/c1-33(29,30)27-15-7-6-14(21)16(17(15)22)19(28)18-13-8-11(9-24-20(13)26-25-18)10-2-4-12(5-3-10)34(23,31)32;1-25(23,24)21-9-3-2-8(16)10(11(9)17)13(22)12-7-4-6(15)5-18-14(7)20-19-12;14-5-3-6-11(19-20-13(6)18-4-5)12(21)9-7(15)1-2-8(17)10(9)16;1-5(2,3)4/h2-9,27H,1H3,(H2,23,31,32)(H,24,25,26);2-5,21H,1H3,(H,18,19,20);1-4H,17H2,(H,18,19,20);1H3. The van der Waals surface area contributed by atoms with Crippen LogP contribution in [-0.2, 0) is 39.1 Å². The van der Waals surface area contributed by atoms with Crippen LogP contribution in [0.3, 0.4) is 0 Å². The number of pyridine rings is 3. The van der Waals surface area contributed by atoms with Crippen molar-refractivity contribution in [2.75, 3.05) is 33.9 Å². The lowest BCUT2D eigenvalue weighted by atomic mass is 10.0. The number of fused-ring (bicyclic) bond motifs is 3. The summed E-state index contributed by atoms with van der Waals surface area (Å²) >= 11 is 6.40. The molecule has 0 saturated heterocycles. The van der Waals surface area contributed by atoms with Crippen LogP contribution in [0.25, 0.3) is 44.2 Å². The van der Waals surface area contributed by atoms with E-state index in [4.69, 9.17) is 10.9 Å². The molecule has 444 valence electrons. The van der Waals surface area contributed by atoms with E-state index >= 15 is 0 Å². The van der Waals surface area contributed by atoms with Crippen molar-refractivity contribution in [3.05, 3.63) is 175 Å². The molecule has 6 aromatic heterocycles. The second-order valence-electron chi connectivity index (χ2n) is 17.3. The minimum Gasteiger partial charge on any atom is -0.396 e. The average Bonchev–Trinajstić information content (AvgIpc) is 2.86. The highest BCUT2D eigenvalue weighted by molar-refractivity contribution is 9.10. The summed E-state index contributed by atoms with van der Waals surface area (Å²) in [5.41, 5.74) is 2.37. The summed E-state index contributed by atoms with van der Waals surface area (Å²) in [6.45, 7) is 0. The first-order chi connectivity index (χ1) is 39.5. The number of halogens is 9. The average molecular weight is 1410 g/mol. The Morgan fingerprint density at radius 1 is 0.506 bits per heavy atom. The molecule has 9 N–H and O–H groups in total. The quantitative estimate of drug-likeness (QED) is 0.0266. The van der Waals surface area contributed by atoms with Crippen LogP contribution in [0.4, 0.5) is 43.4 Å². The Balaban J connectivity index is 0.000000180. The Hall–Kier alpha value is -8.26. The minimum atomic E-state index is -3.89. The van der Waals surface area contributed by atoms with E-state index in [2.05, 4.69) is 88.1 Å². The fourth-order valence-corrected chi connectivity index (χ4v) is 9.68. The number of aromatic amines is 3. The van der Waals surface area contributed by atoms with Crippen LogP contribution in [-0.4, -0.2) is 115 Å². The molecular weight excluding hydrogens is 1370 g/mol. The van der Waals surface area contributed by atoms with E-state index in [1.54, 1.807) is 6.07 Å². The largest absolute Gasteiger partial charge is 0.396 e. The fraction of sp³-hybridized carbons (Fsp3) is 0.0625. The van der Waals surface area contributed by atoms with Gasteiger partial charge in [-0.25, -0.2) is 80.1 Å². The molecule has 0 aliphatic carbocycles. The van der Waals surface area contributed by atoms with Gasteiger partial charge in [0.05, 0.1) is 73.6 Å². The lowest BCUT2D eigenvalue weighted by Crippen LogP contribution is -2.15. The number of carbonyl (C=O) groups is 3. The molecule has 6 heterocycles. The summed E-state index contributed by atoms with van der Waals surface area (Å²) in [5, 5.41) is 24.7. The molecule has 4 aromatic carbocycles. The van der Waals surface area contributed by atoms with Crippen LogP contribution in [0.2, 0.25) is 0 Å². The number of aromatic nitrogens is 9. The number of ketones is 3. The van der Waals surface area contributed by atoms with E-state index < -0.39 is 119 Å². The molecule has 37 heteroatoms. The molecule has 0 atom stereocenters. The van der Waals surface area contributed by atoms with Gasteiger partial charge in [0.1, 0.15) is 34.5 Å². The highest BCUT2D eigenvalue weighted by Gasteiger charge is 2.29. The SMILES string of the molecule is CS(=O)(=O)Cl.CS(=O)(=O)Nc1ccc(F)c(C(=O)c2[nH]nc3ncc(-c4ccc(S(N)(=O)=O)cc4)cc23)c1F.CS(=O)(=O)Nc1ccc(F)c(C(=O)c2[nH]nc3ncc(Br)cc23)c1F.Nc1ccc(F)c(C(=O)c2[nH]nc3ncc(Br)cc23)c1F. The van der Waals surface area contributed by atoms with Gasteiger partial charge in [-0.15, -0.1) is 0 Å². The summed E-state index contributed by atoms with van der Waals surface area (Å²) in [6, 6.07) is 15.5. The van der Waals surface area contributed by atoms with E-state index in [0.717, 1.165) is 55.2 Å². The first-order valence-corrected chi connectivity index (χ1v) is 32.3. The van der Waals surface area contributed by atoms with Crippen molar-refractivity contribution in [1.82, 2.24) is 45.5 Å². The number of carbonyl (C=O) groups excluding carboxylic acids is 3. The normalized spacial score (nSPS) is 11.7. The Morgan fingerprint density at radius 3 is 1.21 bits per heavy atom. The van der Waals surface area contributed by atoms with E-state index in [-0.39, 0.29) is 55.4 Å². The Labute approximate surface area is 496 Å². The predicted molar refractivity (Wildman–Crippen MR) is 305 cm³/mol. The number of nitrogens with two attached hydrogens (primary N) is 2. The van der Waals surface area contributed by atoms with Crippen molar-refractivity contribution in [1.29, 1.82) is 0 Å². The number of hydrogen-bond donors (Lipinski definition) is 7. The van der Waals surface area contributed by atoms with Gasteiger partial charge in [-0.1, -0.05) is 12.1 Å². The number of nitrogens with zero attached hydrogens (tertiary/aromatic N) is 6. The molecular formula is C48H34Br2ClF6N13O11S4. The molecule has 0 radical (unpaired) electrons. The molecule has 0 spiro atoms. The van der Waals surface area contributed by atoms with Crippen molar-refractivity contribution in [2.45, 2.75) is 4.90 Å². The van der Waals surface area contributed by atoms with Crippen LogP contribution in [0.15, 0.2) is 111 Å². The number of H-pyrrole nitrogens is 3. The first-order valence-electron chi connectivity index (χ1n) is 22.7. The summed E-state index contributed by atoms with van der Waals surface area (Å²) in [7, 11) is -10.3. The summed E-state index contributed by atoms with van der Waals surface area (Å²) < 4.78 is 178. The van der Waals surface area contributed by atoms with E-state index in [1.807, 2.05) is 9.44 Å².